The molecule has 1 aliphatic rings. The van der Waals surface area contributed by atoms with E-state index in [1.165, 1.54) is 18.6 Å². The molecule has 1 aliphatic heterocycles. The van der Waals surface area contributed by atoms with Crippen LogP contribution in [0.3, 0.4) is 0 Å². The van der Waals surface area contributed by atoms with Gasteiger partial charge in [0.15, 0.2) is 0 Å². The van der Waals surface area contributed by atoms with Crippen molar-refractivity contribution < 1.29 is 17.6 Å². The predicted molar refractivity (Wildman–Crippen MR) is 138 cm³/mol. The van der Waals surface area contributed by atoms with Gasteiger partial charge in [-0.3, -0.25) is 9.52 Å². The molecule has 1 N–H and O–H groups in total. The quantitative estimate of drug-likeness (QED) is 0.406. The van der Waals surface area contributed by atoms with Crippen molar-refractivity contribution in [2.75, 3.05) is 29.3 Å². The zero-order valence-corrected chi connectivity index (χ0v) is 21.0. The number of rotatable bonds is 6. The molecule has 11 heteroatoms. The highest BCUT2D eigenvalue weighted by Crippen LogP contribution is 2.27. The van der Waals surface area contributed by atoms with Gasteiger partial charge in [-0.15, -0.1) is 0 Å². The average molecular weight is 526 g/mol. The number of hydrogen-bond donors (Lipinski definition) is 1. The van der Waals surface area contributed by atoms with E-state index in [9.17, 15) is 13.2 Å². The zero-order valence-electron chi connectivity index (χ0n) is 19.5. The lowest BCUT2D eigenvalue weighted by Crippen LogP contribution is -2.54. The van der Waals surface area contributed by atoms with Crippen LogP contribution in [0.5, 0.6) is 0 Å². The number of fused-ring (bicyclic) bond motifs is 1. The van der Waals surface area contributed by atoms with E-state index in [-0.39, 0.29) is 29.1 Å². The minimum atomic E-state index is -3.76. The SMILES string of the molecule is C[C@H]1CN(c2ccc(S(=O)(=O)Nc3ccncn3)cc2)CCN1C(=O)Cc1coc2ccc(Cl)cc12. The standard InChI is InChI=1S/C25H24ClN5O4S/c1-17-14-30(20-3-5-21(6-4-20)36(33,34)29-24-8-9-27-16-28-24)10-11-31(17)25(32)12-18-15-35-23-7-2-19(26)13-22(18)23/h2-9,13,15-17H,10-12,14H2,1H3,(H,27,28,29)/t17-/m0/s1. The van der Waals surface area contributed by atoms with Crippen molar-refractivity contribution in [3.63, 3.8) is 0 Å². The highest BCUT2D eigenvalue weighted by atomic mass is 35.5. The molecule has 2 aromatic heterocycles. The smallest absolute Gasteiger partial charge is 0.263 e. The van der Waals surface area contributed by atoms with Crippen molar-refractivity contribution in [3.8, 4) is 0 Å². The highest BCUT2D eigenvalue weighted by molar-refractivity contribution is 7.92. The molecular weight excluding hydrogens is 502 g/mol. The summed E-state index contributed by atoms with van der Waals surface area (Å²) < 4.78 is 33.3. The summed E-state index contributed by atoms with van der Waals surface area (Å²) in [6.45, 7) is 3.85. The molecule has 0 spiro atoms. The number of anilines is 2. The molecule has 36 heavy (non-hydrogen) atoms. The van der Waals surface area contributed by atoms with E-state index in [1.54, 1.807) is 42.7 Å². The van der Waals surface area contributed by atoms with Crippen LogP contribution in [0.25, 0.3) is 11.0 Å². The summed E-state index contributed by atoms with van der Waals surface area (Å²) in [5, 5.41) is 1.45. The average Bonchev–Trinajstić information content (AvgIpc) is 3.26. The van der Waals surface area contributed by atoms with Crippen LogP contribution in [0.1, 0.15) is 12.5 Å². The number of amides is 1. The molecule has 5 rings (SSSR count). The second-order valence-electron chi connectivity index (χ2n) is 8.65. The number of piperazine rings is 1. The highest BCUT2D eigenvalue weighted by Gasteiger charge is 2.28. The Labute approximate surface area is 213 Å². The summed E-state index contributed by atoms with van der Waals surface area (Å²) in [6, 6.07) is 13.5. The lowest BCUT2D eigenvalue weighted by molar-refractivity contribution is -0.132. The van der Waals surface area contributed by atoms with Crippen LogP contribution in [-0.4, -0.2) is 54.9 Å². The van der Waals surface area contributed by atoms with Gasteiger partial charge < -0.3 is 14.2 Å². The van der Waals surface area contributed by atoms with E-state index in [0.717, 1.165) is 16.6 Å². The van der Waals surface area contributed by atoms with Gasteiger partial charge in [-0.1, -0.05) is 11.6 Å². The van der Waals surface area contributed by atoms with Crippen molar-refractivity contribution in [2.45, 2.75) is 24.3 Å². The van der Waals surface area contributed by atoms with E-state index in [1.807, 2.05) is 17.9 Å². The summed E-state index contributed by atoms with van der Waals surface area (Å²) in [5.74, 6) is 0.234. The van der Waals surface area contributed by atoms with Gasteiger partial charge in [0.25, 0.3) is 10.0 Å². The van der Waals surface area contributed by atoms with Crippen molar-refractivity contribution in [2.24, 2.45) is 0 Å². The minimum Gasteiger partial charge on any atom is -0.464 e. The van der Waals surface area contributed by atoms with Crippen LogP contribution in [-0.2, 0) is 21.2 Å². The molecular formula is C25H24ClN5O4S. The second kappa shape index (κ2) is 9.79. The lowest BCUT2D eigenvalue weighted by atomic mass is 10.1. The van der Waals surface area contributed by atoms with E-state index < -0.39 is 10.0 Å². The topological polar surface area (TPSA) is 109 Å². The Bertz CT molecular complexity index is 1490. The van der Waals surface area contributed by atoms with Crippen LogP contribution in [0.2, 0.25) is 5.02 Å². The first-order valence-corrected chi connectivity index (χ1v) is 13.3. The largest absolute Gasteiger partial charge is 0.464 e. The molecule has 0 unspecified atom stereocenters. The summed E-state index contributed by atoms with van der Waals surface area (Å²) in [6.07, 6.45) is 4.60. The second-order valence-corrected chi connectivity index (χ2v) is 10.8. The summed E-state index contributed by atoms with van der Waals surface area (Å²) in [7, 11) is -3.76. The third-order valence-electron chi connectivity index (χ3n) is 6.24. The number of halogens is 1. The molecule has 1 amide bonds. The van der Waals surface area contributed by atoms with Crippen molar-refractivity contribution >= 4 is 50.0 Å². The van der Waals surface area contributed by atoms with Crippen LogP contribution in [0.4, 0.5) is 11.5 Å². The first-order valence-electron chi connectivity index (χ1n) is 11.4. The van der Waals surface area contributed by atoms with Crippen LogP contribution >= 0.6 is 11.6 Å². The van der Waals surface area contributed by atoms with Gasteiger partial charge in [0, 0.05) is 53.5 Å². The number of benzene rings is 2. The number of furan rings is 1. The molecule has 2 aromatic carbocycles. The number of aromatic nitrogens is 2. The number of carbonyl (C=O) groups is 1. The summed E-state index contributed by atoms with van der Waals surface area (Å²) in [4.78, 5) is 25.0. The molecule has 1 atom stereocenters. The van der Waals surface area contributed by atoms with Crippen LogP contribution < -0.4 is 9.62 Å². The Morgan fingerprint density at radius 3 is 2.69 bits per heavy atom. The maximum atomic E-state index is 13.1. The van der Waals surface area contributed by atoms with Crippen LogP contribution in [0, 0.1) is 0 Å². The number of carbonyl (C=O) groups excluding carboxylic acids is 1. The molecule has 186 valence electrons. The Hall–Kier alpha value is -3.63. The number of hydrogen-bond acceptors (Lipinski definition) is 7. The zero-order chi connectivity index (χ0) is 25.3. The fourth-order valence-electron chi connectivity index (χ4n) is 4.40. The monoisotopic (exact) mass is 525 g/mol. The fraction of sp³-hybridized carbons (Fsp3) is 0.240. The molecule has 0 radical (unpaired) electrons. The van der Waals surface area contributed by atoms with Gasteiger partial charge in [0.05, 0.1) is 17.6 Å². The Kier molecular flexibility index (Phi) is 6.55. The van der Waals surface area contributed by atoms with Gasteiger partial charge in [-0.2, -0.15) is 0 Å². The molecule has 0 saturated carbocycles. The number of nitrogens with zero attached hydrogens (tertiary/aromatic N) is 4. The Balaban J connectivity index is 1.23. The van der Waals surface area contributed by atoms with Gasteiger partial charge in [-0.05, 0) is 55.5 Å². The van der Waals surface area contributed by atoms with E-state index in [0.29, 0.717) is 30.2 Å². The molecule has 3 heterocycles. The van der Waals surface area contributed by atoms with Gasteiger partial charge in [0.2, 0.25) is 5.91 Å². The first-order chi connectivity index (χ1) is 17.3. The minimum absolute atomic E-state index is 0.0177. The van der Waals surface area contributed by atoms with Crippen molar-refractivity contribution in [1.82, 2.24) is 14.9 Å². The fourth-order valence-corrected chi connectivity index (χ4v) is 5.58. The lowest BCUT2D eigenvalue weighted by Gasteiger charge is -2.41. The van der Waals surface area contributed by atoms with E-state index in [2.05, 4.69) is 19.6 Å². The normalized spacial score (nSPS) is 16.3. The third-order valence-corrected chi connectivity index (χ3v) is 7.84. The maximum Gasteiger partial charge on any atom is 0.263 e. The molecule has 9 nitrogen and oxygen atoms in total. The first kappa shape index (κ1) is 24.1. The molecule has 0 bridgehead atoms. The predicted octanol–water partition coefficient (Wildman–Crippen LogP) is 3.96. The Morgan fingerprint density at radius 1 is 1.17 bits per heavy atom. The summed E-state index contributed by atoms with van der Waals surface area (Å²) in [5.41, 5.74) is 2.42. The Morgan fingerprint density at radius 2 is 1.97 bits per heavy atom. The third kappa shape index (κ3) is 5.00. The van der Waals surface area contributed by atoms with Crippen molar-refractivity contribution in [1.29, 1.82) is 0 Å². The van der Waals surface area contributed by atoms with E-state index in [4.69, 9.17) is 16.0 Å². The number of sulfonamides is 1. The molecule has 1 fully saturated rings. The molecule has 1 saturated heterocycles. The van der Waals surface area contributed by atoms with Crippen molar-refractivity contribution in [3.05, 3.63) is 77.9 Å². The van der Waals surface area contributed by atoms with Crippen LogP contribution in [0.15, 0.2) is 76.6 Å². The molecule has 4 aromatic rings. The van der Waals surface area contributed by atoms with Gasteiger partial charge in [0.1, 0.15) is 17.7 Å². The molecule has 0 aliphatic carbocycles. The van der Waals surface area contributed by atoms with Gasteiger partial charge in [-0.25, -0.2) is 18.4 Å². The van der Waals surface area contributed by atoms with E-state index >= 15 is 0 Å². The summed E-state index contributed by atoms with van der Waals surface area (Å²) >= 11 is 6.12. The number of nitrogens with one attached hydrogen (secondary N) is 1. The van der Waals surface area contributed by atoms with Gasteiger partial charge >= 0.3 is 0 Å². The maximum absolute atomic E-state index is 13.1.